The van der Waals surface area contributed by atoms with E-state index in [9.17, 15) is 9.59 Å². The molecule has 1 aliphatic heterocycles. The van der Waals surface area contributed by atoms with Crippen LogP contribution in [0.3, 0.4) is 0 Å². The van der Waals surface area contributed by atoms with E-state index in [0.717, 1.165) is 12.8 Å². The lowest BCUT2D eigenvalue weighted by molar-refractivity contribution is -0.146. The maximum absolute atomic E-state index is 12.2. The maximum Gasteiger partial charge on any atom is 0.303 e. The third-order valence-corrected chi connectivity index (χ3v) is 4.65. The lowest BCUT2D eigenvalue weighted by Gasteiger charge is -2.42. The number of carboxylic acid groups (broad SMARTS) is 1. The Bertz CT molecular complexity index is 345. The summed E-state index contributed by atoms with van der Waals surface area (Å²) in [7, 11) is 0. The Labute approximate surface area is 114 Å². The minimum absolute atomic E-state index is 0.00716. The van der Waals surface area contributed by atoms with Crippen molar-refractivity contribution in [3.05, 3.63) is 0 Å². The largest absolute Gasteiger partial charge is 0.481 e. The van der Waals surface area contributed by atoms with Gasteiger partial charge in [-0.05, 0) is 24.8 Å². The second-order valence-corrected chi connectivity index (χ2v) is 6.20. The fraction of sp³-hybridized carbons (Fsp3) is 0.857. The standard InChI is InChI=1S/C14H24N2O3/c15-10-14(4-2-1-3-5-14)7-12(17)16-8-11(9-16)6-13(18)19/h11H,1-10,15H2,(H,18,19). The number of carbonyl (C=O) groups excluding carboxylic acids is 1. The van der Waals surface area contributed by atoms with Gasteiger partial charge >= 0.3 is 5.97 Å². The monoisotopic (exact) mass is 268 g/mol. The van der Waals surface area contributed by atoms with E-state index in [-0.39, 0.29) is 23.7 Å². The number of hydrogen-bond donors (Lipinski definition) is 2. The van der Waals surface area contributed by atoms with E-state index in [2.05, 4.69) is 0 Å². The van der Waals surface area contributed by atoms with Crippen molar-refractivity contribution in [2.75, 3.05) is 19.6 Å². The Balaban J connectivity index is 1.80. The molecule has 5 nitrogen and oxygen atoms in total. The van der Waals surface area contributed by atoms with E-state index in [4.69, 9.17) is 10.8 Å². The van der Waals surface area contributed by atoms with Crippen LogP contribution in [-0.2, 0) is 9.59 Å². The van der Waals surface area contributed by atoms with Crippen LogP contribution in [0.25, 0.3) is 0 Å². The van der Waals surface area contributed by atoms with E-state index in [0.29, 0.717) is 26.1 Å². The summed E-state index contributed by atoms with van der Waals surface area (Å²) in [6, 6.07) is 0. The first kappa shape index (κ1) is 14.3. The van der Waals surface area contributed by atoms with Crippen LogP contribution in [0.5, 0.6) is 0 Å². The fourth-order valence-corrected chi connectivity index (χ4v) is 3.34. The molecule has 0 aromatic heterocycles. The molecule has 0 unspecified atom stereocenters. The average Bonchev–Trinajstić information content (AvgIpc) is 2.34. The number of aliphatic carboxylic acids is 1. The molecule has 0 bridgehead atoms. The lowest BCUT2D eigenvalue weighted by Crippen LogP contribution is -2.52. The minimum atomic E-state index is -0.775. The number of likely N-dealkylation sites (tertiary alicyclic amines) is 1. The van der Waals surface area contributed by atoms with Crippen LogP contribution in [0.1, 0.15) is 44.9 Å². The zero-order valence-corrected chi connectivity index (χ0v) is 11.4. The smallest absolute Gasteiger partial charge is 0.303 e. The Morgan fingerprint density at radius 3 is 2.37 bits per heavy atom. The molecule has 0 atom stereocenters. The Kier molecular flexibility index (Phi) is 4.45. The van der Waals surface area contributed by atoms with Crippen molar-refractivity contribution in [3.63, 3.8) is 0 Å². The van der Waals surface area contributed by atoms with Crippen molar-refractivity contribution >= 4 is 11.9 Å². The minimum Gasteiger partial charge on any atom is -0.481 e. The van der Waals surface area contributed by atoms with Crippen LogP contribution in [-0.4, -0.2) is 41.5 Å². The first-order valence-electron chi connectivity index (χ1n) is 7.24. The SMILES string of the molecule is NCC1(CC(=O)N2CC(CC(=O)O)C2)CCCCC1. The molecule has 0 radical (unpaired) electrons. The van der Waals surface area contributed by atoms with Crippen LogP contribution in [0.15, 0.2) is 0 Å². The quantitative estimate of drug-likeness (QED) is 0.785. The molecular formula is C14H24N2O3. The summed E-state index contributed by atoms with van der Waals surface area (Å²) in [5.41, 5.74) is 5.90. The first-order valence-corrected chi connectivity index (χ1v) is 7.24. The first-order chi connectivity index (χ1) is 9.04. The van der Waals surface area contributed by atoms with Gasteiger partial charge in [0.1, 0.15) is 0 Å². The molecule has 0 aromatic rings. The highest BCUT2D eigenvalue weighted by molar-refractivity contribution is 5.78. The number of hydrogen-bond acceptors (Lipinski definition) is 3. The third kappa shape index (κ3) is 3.47. The summed E-state index contributed by atoms with van der Waals surface area (Å²) in [4.78, 5) is 24.6. The molecule has 5 heteroatoms. The van der Waals surface area contributed by atoms with E-state index in [1.807, 2.05) is 0 Å². The zero-order valence-electron chi connectivity index (χ0n) is 11.4. The van der Waals surface area contributed by atoms with Gasteiger partial charge in [0.2, 0.25) is 5.91 Å². The highest BCUT2D eigenvalue weighted by Gasteiger charge is 2.38. The van der Waals surface area contributed by atoms with E-state index in [1.54, 1.807) is 4.90 Å². The normalized spacial score (nSPS) is 22.9. The van der Waals surface area contributed by atoms with Crippen molar-refractivity contribution in [1.29, 1.82) is 0 Å². The summed E-state index contributed by atoms with van der Waals surface area (Å²) in [6.07, 6.45) is 6.43. The number of carboxylic acids is 1. The number of nitrogens with zero attached hydrogens (tertiary/aromatic N) is 1. The molecule has 1 heterocycles. The Morgan fingerprint density at radius 2 is 1.84 bits per heavy atom. The molecule has 3 N–H and O–H groups in total. The van der Waals surface area contributed by atoms with Crippen molar-refractivity contribution in [2.45, 2.75) is 44.9 Å². The molecular weight excluding hydrogens is 244 g/mol. The highest BCUT2D eigenvalue weighted by atomic mass is 16.4. The molecule has 2 rings (SSSR count). The summed E-state index contributed by atoms with van der Waals surface area (Å²) in [5.74, 6) is -0.474. The van der Waals surface area contributed by atoms with E-state index in [1.165, 1.54) is 19.3 Å². The molecule has 1 aliphatic carbocycles. The molecule has 0 spiro atoms. The zero-order chi connectivity index (χ0) is 13.9. The Morgan fingerprint density at radius 1 is 1.21 bits per heavy atom. The highest BCUT2D eigenvalue weighted by Crippen LogP contribution is 2.39. The van der Waals surface area contributed by atoms with Crippen LogP contribution in [0.4, 0.5) is 0 Å². The number of amides is 1. The maximum atomic E-state index is 12.2. The fourth-order valence-electron chi connectivity index (χ4n) is 3.34. The molecule has 0 aromatic carbocycles. The summed E-state index contributed by atoms with van der Waals surface area (Å²) >= 11 is 0. The van der Waals surface area contributed by atoms with Gasteiger partial charge < -0.3 is 15.7 Å². The molecule has 1 saturated carbocycles. The van der Waals surface area contributed by atoms with Crippen molar-refractivity contribution in [2.24, 2.45) is 17.1 Å². The predicted molar refractivity (Wildman–Crippen MR) is 71.5 cm³/mol. The molecule has 2 fully saturated rings. The second kappa shape index (κ2) is 5.90. The van der Waals surface area contributed by atoms with Gasteiger partial charge in [0.15, 0.2) is 0 Å². The predicted octanol–water partition coefficient (Wildman–Crippen LogP) is 1.22. The van der Waals surface area contributed by atoms with Crippen LogP contribution >= 0.6 is 0 Å². The van der Waals surface area contributed by atoms with Gasteiger partial charge in [-0.1, -0.05) is 19.3 Å². The van der Waals surface area contributed by atoms with Gasteiger partial charge in [-0.3, -0.25) is 9.59 Å². The average molecular weight is 268 g/mol. The van der Waals surface area contributed by atoms with Crippen LogP contribution in [0, 0.1) is 11.3 Å². The van der Waals surface area contributed by atoms with Crippen molar-refractivity contribution < 1.29 is 14.7 Å². The molecule has 2 aliphatic rings. The van der Waals surface area contributed by atoms with Gasteiger partial charge in [-0.2, -0.15) is 0 Å². The van der Waals surface area contributed by atoms with Gasteiger partial charge in [-0.25, -0.2) is 0 Å². The molecule has 1 saturated heterocycles. The summed E-state index contributed by atoms with van der Waals surface area (Å²) < 4.78 is 0. The van der Waals surface area contributed by atoms with Gasteiger partial charge in [0.25, 0.3) is 0 Å². The van der Waals surface area contributed by atoms with Gasteiger partial charge in [0, 0.05) is 25.4 Å². The van der Waals surface area contributed by atoms with E-state index < -0.39 is 5.97 Å². The third-order valence-electron chi connectivity index (χ3n) is 4.65. The second-order valence-electron chi connectivity index (χ2n) is 6.20. The van der Waals surface area contributed by atoms with Gasteiger partial charge in [-0.15, -0.1) is 0 Å². The molecule has 1 amide bonds. The number of rotatable bonds is 5. The van der Waals surface area contributed by atoms with Crippen LogP contribution < -0.4 is 5.73 Å². The lowest BCUT2D eigenvalue weighted by atomic mass is 9.71. The van der Waals surface area contributed by atoms with Gasteiger partial charge in [0.05, 0.1) is 6.42 Å². The number of carbonyl (C=O) groups is 2. The topological polar surface area (TPSA) is 83.6 Å². The molecule has 108 valence electrons. The van der Waals surface area contributed by atoms with Crippen LogP contribution in [0.2, 0.25) is 0 Å². The van der Waals surface area contributed by atoms with E-state index >= 15 is 0 Å². The number of nitrogens with two attached hydrogens (primary N) is 1. The van der Waals surface area contributed by atoms with Crippen molar-refractivity contribution in [1.82, 2.24) is 4.90 Å². The van der Waals surface area contributed by atoms with Crippen molar-refractivity contribution in [3.8, 4) is 0 Å². The molecule has 19 heavy (non-hydrogen) atoms. The summed E-state index contributed by atoms with van der Waals surface area (Å²) in [6.45, 7) is 1.79. The summed E-state index contributed by atoms with van der Waals surface area (Å²) in [5, 5.41) is 8.69. The Hall–Kier alpha value is -1.10.